The summed E-state index contributed by atoms with van der Waals surface area (Å²) in [7, 11) is 0. The molecule has 0 aliphatic heterocycles. The van der Waals surface area contributed by atoms with Crippen molar-refractivity contribution in [2.45, 2.75) is 52.1 Å². The molecule has 0 amide bonds. The van der Waals surface area contributed by atoms with E-state index >= 15 is 0 Å². The summed E-state index contributed by atoms with van der Waals surface area (Å²) in [6.07, 6.45) is 5.58. The molecule has 0 spiro atoms. The van der Waals surface area contributed by atoms with Crippen molar-refractivity contribution in [1.82, 2.24) is 4.57 Å². The van der Waals surface area contributed by atoms with Crippen LogP contribution in [0.1, 0.15) is 51.3 Å². The quantitative estimate of drug-likeness (QED) is 0.571. The highest BCUT2D eigenvalue weighted by Crippen LogP contribution is 2.12. The van der Waals surface area contributed by atoms with Crippen molar-refractivity contribution in [2.24, 2.45) is 5.73 Å². The van der Waals surface area contributed by atoms with E-state index in [1.54, 1.807) is 0 Å². The fourth-order valence-electron chi connectivity index (χ4n) is 2.01. The Morgan fingerprint density at radius 3 is 2.89 bits per heavy atom. The van der Waals surface area contributed by atoms with Gasteiger partial charge in [-0.15, -0.1) is 0 Å². The molecule has 0 radical (unpaired) electrons. The number of hydrogen-bond acceptors (Lipinski definition) is 3. The summed E-state index contributed by atoms with van der Waals surface area (Å²) in [5.74, 6) is -0.0882. The summed E-state index contributed by atoms with van der Waals surface area (Å²) >= 11 is 0. The molecular weight excluding hydrogens is 228 g/mol. The summed E-state index contributed by atoms with van der Waals surface area (Å²) < 4.78 is 7.07. The SMILES string of the molecule is CCOC(=O)CCCCCn1cccc1C(C)N. The third-order valence-corrected chi connectivity index (χ3v) is 2.92. The van der Waals surface area contributed by atoms with E-state index in [0.717, 1.165) is 25.8 Å². The maximum absolute atomic E-state index is 11.1. The van der Waals surface area contributed by atoms with Crippen LogP contribution in [0.4, 0.5) is 0 Å². The van der Waals surface area contributed by atoms with Crippen LogP contribution >= 0.6 is 0 Å². The van der Waals surface area contributed by atoms with Crippen molar-refractivity contribution >= 4 is 5.97 Å². The van der Waals surface area contributed by atoms with Crippen LogP contribution in [0, 0.1) is 0 Å². The normalized spacial score (nSPS) is 12.4. The highest BCUT2D eigenvalue weighted by atomic mass is 16.5. The van der Waals surface area contributed by atoms with E-state index in [1.807, 2.05) is 19.9 Å². The predicted molar refractivity (Wildman–Crippen MR) is 72.1 cm³/mol. The maximum Gasteiger partial charge on any atom is 0.305 e. The van der Waals surface area contributed by atoms with Gasteiger partial charge >= 0.3 is 5.97 Å². The topological polar surface area (TPSA) is 57.2 Å². The molecule has 0 saturated heterocycles. The lowest BCUT2D eigenvalue weighted by atomic mass is 10.2. The van der Waals surface area contributed by atoms with E-state index in [9.17, 15) is 4.79 Å². The molecule has 0 fully saturated rings. The van der Waals surface area contributed by atoms with Crippen molar-refractivity contribution in [3.63, 3.8) is 0 Å². The van der Waals surface area contributed by atoms with Gasteiger partial charge in [0.25, 0.3) is 0 Å². The van der Waals surface area contributed by atoms with Crippen molar-refractivity contribution in [1.29, 1.82) is 0 Å². The number of nitrogens with two attached hydrogens (primary N) is 1. The minimum Gasteiger partial charge on any atom is -0.466 e. The molecule has 1 aromatic heterocycles. The van der Waals surface area contributed by atoms with Gasteiger partial charge in [-0.2, -0.15) is 0 Å². The molecule has 1 heterocycles. The number of nitrogens with zero attached hydrogens (tertiary/aromatic N) is 1. The first-order chi connectivity index (χ1) is 8.65. The zero-order chi connectivity index (χ0) is 13.4. The Bertz CT molecular complexity index is 358. The Hall–Kier alpha value is -1.29. The van der Waals surface area contributed by atoms with E-state index in [1.165, 1.54) is 5.69 Å². The predicted octanol–water partition coefficient (Wildman–Crippen LogP) is 2.63. The van der Waals surface area contributed by atoms with Crippen LogP contribution in [0.5, 0.6) is 0 Å². The molecular formula is C14H24N2O2. The van der Waals surface area contributed by atoms with Gasteiger partial charge in [0.1, 0.15) is 0 Å². The monoisotopic (exact) mass is 252 g/mol. The van der Waals surface area contributed by atoms with E-state index in [0.29, 0.717) is 13.0 Å². The lowest BCUT2D eigenvalue weighted by Gasteiger charge is -2.11. The molecule has 0 saturated carbocycles. The number of carbonyl (C=O) groups excluding carboxylic acids is 1. The smallest absolute Gasteiger partial charge is 0.305 e. The summed E-state index contributed by atoms with van der Waals surface area (Å²) in [4.78, 5) is 11.1. The van der Waals surface area contributed by atoms with Gasteiger partial charge in [-0.1, -0.05) is 6.42 Å². The zero-order valence-electron chi connectivity index (χ0n) is 11.4. The average molecular weight is 252 g/mol. The molecule has 0 aromatic carbocycles. The van der Waals surface area contributed by atoms with Crippen LogP contribution in [-0.4, -0.2) is 17.1 Å². The second kappa shape index (κ2) is 7.93. The van der Waals surface area contributed by atoms with Crippen LogP contribution in [-0.2, 0) is 16.1 Å². The number of carbonyl (C=O) groups is 1. The second-order valence-electron chi connectivity index (χ2n) is 4.53. The number of unbranched alkanes of at least 4 members (excludes halogenated alkanes) is 2. The van der Waals surface area contributed by atoms with E-state index in [2.05, 4.69) is 16.8 Å². The Morgan fingerprint density at radius 2 is 2.22 bits per heavy atom. The molecule has 1 aromatic rings. The first-order valence-electron chi connectivity index (χ1n) is 6.71. The molecule has 0 aliphatic rings. The van der Waals surface area contributed by atoms with Gasteiger partial charge in [-0.05, 0) is 38.8 Å². The molecule has 4 heteroatoms. The lowest BCUT2D eigenvalue weighted by molar-refractivity contribution is -0.143. The fraction of sp³-hybridized carbons (Fsp3) is 0.643. The van der Waals surface area contributed by atoms with Crippen LogP contribution in [0.3, 0.4) is 0 Å². The minimum absolute atomic E-state index is 0.0690. The Balaban J connectivity index is 2.18. The first kappa shape index (κ1) is 14.8. The third kappa shape index (κ3) is 4.92. The van der Waals surface area contributed by atoms with Crippen molar-refractivity contribution in [3.8, 4) is 0 Å². The van der Waals surface area contributed by atoms with Crippen LogP contribution < -0.4 is 5.73 Å². The molecule has 1 atom stereocenters. The first-order valence-corrected chi connectivity index (χ1v) is 6.71. The molecule has 18 heavy (non-hydrogen) atoms. The van der Waals surface area contributed by atoms with E-state index in [-0.39, 0.29) is 12.0 Å². The van der Waals surface area contributed by atoms with Gasteiger partial charge in [-0.25, -0.2) is 0 Å². The highest BCUT2D eigenvalue weighted by Gasteiger charge is 2.05. The number of esters is 1. The second-order valence-corrected chi connectivity index (χ2v) is 4.53. The Kier molecular flexibility index (Phi) is 6.50. The Labute approximate surface area is 109 Å². The Morgan fingerprint density at radius 1 is 1.44 bits per heavy atom. The number of aryl methyl sites for hydroxylation is 1. The van der Waals surface area contributed by atoms with Gasteiger partial charge in [0.15, 0.2) is 0 Å². The van der Waals surface area contributed by atoms with Crippen LogP contribution in [0.2, 0.25) is 0 Å². The third-order valence-electron chi connectivity index (χ3n) is 2.92. The molecule has 102 valence electrons. The summed E-state index contributed by atoms with van der Waals surface area (Å²) in [6.45, 7) is 5.26. The number of ether oxygens (including phenoxy) is 1. The average Bonchev–Trinajstić information content (AvgIpc) is 2.77. The van der Waals surface area contributed by atoms with Gasteiger partial charge in [0.05, 0.1) is 6.61 Å². The summed E-state index contributed by atoms with van der Waals surface area (Å²) in [5.41, 5.74) is 7.05. The molecule has 1 rings (SSSR count). The van der Waals surface area contributed by atoms with Gasteiger partial charge in [0, 0.05) is 30.9 Å². The minimum atomic E-state index is -0.0882. The largest absolute Gasteiger partial charge is 0.466 e. The molecule has 0 bridgehead atoms. The molecule has 2 N–H and O–H groups in total. The van der Waals surface area contributed by atoms with Crippen LogP contribution in [0.25, 0.3) is 0 Å². The summed E-state index contributed by atoms with van der Waals surface area (Å²) in [6, 6.07) is 4.15. The standard InChI is InChI=1S/C14H24N2O2/c1-3-18-14(17)9-5-4-6-10-16-11-7-8-13(16)12(2)15/h7-8,11-12H,3-6,9-10,15H2,1-2H3. The number of hydrogen-bond donors (Lipinski definition) is 1. The van der Waals surface area contributed by atoms with Gasteiger partial charge < -0.3 is 15.0 Å². The fourth-order valence-corrected chi connectivity index (χ4v) is 2.01. The van der Waals surface area contributed by atoms with Gasteiger partial charge in [0.2, 0.25) is 0 Å². The highest BCUT2D eigenvalue weighted by molar-refractivity contribution is 5.69. The summed E-state index contributed by atoms with van der Waals surface area (Å²) in [5, 5.41) is 0. The lowest BCUT2D eigenvalue weighted by Crippen LogP contribution is -2.12. The number of rotatable bonds is 8. The van der Waals surface area contributed by atoms with Crippen molar-refractivity contribution in [3.05, 3.63) is 24.0 Å². The van der Waals surface area contributed by atoms with Crippen LogP contribution in [0.15, 0.2) is 18.3 Å². The van der Waals surface area contributed by atoms with Crippen molar-refractivity contribution in [2.75, 3.05) is 6.61 Å². The van der Waals surface area contributed by atoms with Gasteiger partial charge in [-0.3, -0.25) is 4.79 Å². The molecule has 0 aliphatic carbocycles. The van der Waals surface area contributed by atoms with E-state index in [4.69, 9.17) is 10.5 Å². The molecule has 1 unspecified atom stereocenters. The van der Waals surface area contributed by atoms with Crippen molar-refractivity contribution < 1.29 is 9.53 Å². The number of aromatic nitrogens is 1. The maximum atomic E-state index is 11.1. The molecule has 4 nitrogen and oxygen atoms in total. The zero-order valence-corrected chi connectivity index (χ0v) is 11.4. The van der Waals surface area contributed by atoms with E-state index < -0.39 is 0 Å².